The zero-order chi connectivity index (χ0) is 17.1. The monoisotopic (exact) mass is 382 g/mol. The molecule has 1 aromatic carbocycles. The normalized spacial score (nSPS) is 20.9. The van der Waals surface area contributed by atoms with Crippen molar-refractivity contribution in [2.45, 2.75) is 41.1 Å². The van der Waals surface area contributed by atoms with Crippen LogP contribution in [-0.2, 0) is 4.79 Å². The van der Waals surface area contributed by atoms with E-state index in [1.807, 2.05) is 6.07 Å². The summed E-state index contributed by atoms with van der Waals surface area (Å²) in [6.07, 6.45) is 5.12. The van der Waals surface area contributed by atoms with Gasteiger partial charge in [0.2, 0.25) is 5.95 Å². The predicted octanol–water partition coefficient (Wildman–Crippen LogP) is 3.80. The number of halogens is 2. The third-order valence-corrected chi connectivity index (χ3v) is 5.46. The van der Waals surface area contributed by atoms with Crippen LogP contribution in [0.1, 0.15) is 19.3 Å². The van der Waals surface area contributed by atoms with E-state index in [2.05, 4.69) is 15.3 Å². The highest BCUT2D eigenvalue weighted by Gasteiger charge is 2.26. The van der Waals surface area contributed by atoms with Gasteiger partial charge in [0, 0.05) is 52.1 Å². The van der Waals surface area contributed by atoms with Gasteiger partial charge in [-0.2, -0.15) is 0 Å². The Morgan fingerprint density at radius 2 is 2.00 bits per heavy atom. The van der Waals surface area contributed by atoms with Gasteiger partial charge in [0.1, 0.15) is 5.78 Å². The van der Waals surface area contributed by atoms with Crippen molar-refractivity contribution >= 4 is 46.7 Å². The zero-order valence-corrected chi connectivity index (χ0v) is 15.0. The summed E-state index contributed by atoms with van der Waals surface area (Å²) in [5, 5.41) is 4.40. The minimum Gasteiger partial charge on any atom is -0.350 e. The summed E-state index contributed by atoms with van der Waals surface area (Å²) in [5.74, 6) is 0.726. The third kappa shape index (κ3) is 4.39. The van der Waals surface area contributed by atoms with Crippen LogP contribution in [0.3, 0.4) is 0 Å². The molecule has 0 radical (unpaired) electrons. The van der Waals surface area contributed by atoms with Crippen molar-refractivity contribution in [2.24, 2.45) is 5.73 Å². The van der Waals surface area contributed by atoms with E-state index < -0.39 is 0 Å². The smallest absolute Gasteiger partial charge is 0.222 e. The van der Waals surface area contributed by atoms with Crippen molar-refractivity contribution in [1.29, 1.82) is 0 Å². The maximum atomic E-state index is 11.4. The summed E-state index contributed by atoms with van der Waals surface area (Å²) in [6, 6.07) is 5.18. The van der Waals surface area contributed by atoms with E-state index in [1.165, 1.54) is 11.8 Å². The van der Waals surface area contributed by atoms with E-state index >= 15 is 0 Å². The summed E-state index contributed by atoms with van der Waals surface area (Å²) in [6.45, 7) is 0. The van der Waals surface area contributed by atoms with Crippen molar-refractivity contribution in [3.63, 3.8) is 0 Å². The number of carbonyl (C=O) groups excluding carboxylic acids is 1. The van der Waals surface area contributed by atoms with Crippen LogP contribution < -0.4 is 11.1 Å². The van der Waals surface area contributed by atoms with E-state index in [9.17, 15) is 4.79 Å². The molecule has 126 valence electrons. The molecule has 1 aromatic heterocycles. The zero-order valence-electron chi connectivity index (χ0n) is 12.7. The Hall–Kier alpha value is -1.34. The second kappa shape index (κ2) is 7.70. The molecule has 2 atom stereocenters. The maximum absolute atomic E-state index is 11.4. The molecule has 1 aliphatic rings. The fourth-order valence-electron chi connectivity index (χ4n) is 2.51. The highest BCUT2D eigenvalue weighted by molar-refractivity contribution is 7.99. The lowest BCUT2D eigenvalue weighted by atomic mass is 9.90. The predicted molar refractivity (Wildman–Crippen MR) is 96.9 cm³/mol. The Morgan fingerprint density at radius 3 is 2.67 bits per heavy atom. The molecule has 3 rings (SSSR count). The lowest BCUT2D eigenvalue weighted by Gasteiger charge is -2.28. The molecular weight excluding hydrogens is 367 g/mol. The van der Waals surface area contributed by atoms with Crippen LogP contribution in [0.15, 0.2) is 40.4 Å². The van der Waals surface area contributed by atoms with Crippen LogP contribution in [-0.4, -0.2) is 27.8 Å². The Bertz CT molecular complexity index is 741. The van der Waals surface area contributed by atoms with Crippen molar-refractivity contribution in [2.75, 3.05) is 5.32 Å². The Morgan fingerprint density at radius 1 is 1.25 bits per heavy atom. The number of hydrogen-bond donors (Lipinski definition) is 2. The van der Waals surface area contributed by atoms with Crippen LogP contribution >= 0.6 is 35.0 Å². The molecule has 5 nitrogen and oxygen atoms in total. The molecule has 3 N–H and O–H groups in total. The number of Topliss-reactive ketones (excluding diaryl/α,β-unsaturated/α-hetero) is 1. The molecular formula is C16H16Cl2N4OS. The van der Waals surface area contributed by atoms with Crippen LogP contribution in [0.5, 0.6) is 0 Å². The molecule has 8 heteroatoms. The van der Waals surface area contributed by atoms with Gasteiger partial charge >= 0.3 is 0 Å². The van der Waals surface area contributed by atoms with E-state index in [0.717, 1.165) is 9.79 Å². The van der Waals surface area contributed by atoms with Gasteiger partial charge in [-0.3, -0.25) is 4.79 Å². The summed E-state index contributed by atoms with van der Waals surface area (Å²) < 4.78 is 0. The molecule has 0 bridgehead atoms. The van der Waals surface area contributed by atoms with E-state index in [-0.39, 0.29) is 17.9 Å². The van der Waals surface area contributed by atoms with Gasteiger partial charge in [0.05, 0.1) is 5.02 Å². The van der Waals surface area contributed by atoms with Gasteiger partial charge < -0.3 is 11.1 Å². The van der Waals surface area contributed by atoms with Crippen molar-refractivity contribution < 1.29 is 4.79 Å². The number of ketones is 1. The minimum absolute atomic E-state index is 0.0203. The highest BCUT2D eigenvalue weighted by atomic mass is 35.5. The SMILES string of the molecule is NC1CC(=O)CCC1Nc1ncc(Sc2ccc(Cl)cc2Cl)cn1. The molecule has 1 aliphatic carbocycles. The molecule has 0 spiro atoms. The van der Waals surface area contributed by atoms with Crippen LogP contribution in [0.4, 0.5) is 5.95 Å². The third-order valence-electron chi connectivity index (χ3n) is 3.78. The van der Waals surface area contributed by atoms with Gasteiger partial charge in [-0.05, 0) is 24.6 Å². The summed E-state index contributed by atoms with van der Waals surface area (Å²) in [5.41, 5.74) is 6.01. The van der Waals surface area contributed by atoms with Gasteiger partial charge in [-0.25, -0.2) is 9.97 Å². The molecule has 1 fully saturated rings. The first kappa shape index (κ1) is 17.5. The topological polar surface area (TPSA) is 80.9 Å². The van der Waals surface area contributed by atoms with Crippen molar-refractivity contribution in [1.82, 2.24) is 9.97 Å². The minimum atomic E-state index is -0.197. The molecule has 2 unspecified atom stereocenters. The van der Waals surface area contributed by atoms with Gasteiger partial charge in [0.15, 0.2) is 0 Å². The molecule has 0 amide bonds. The first-order valence-electron chi connectivity index (χ1n) is 7.50. The molecule has 1 heterocycles. The molecule has 0 aliphatic heterocycles. The van der Waals surface area contributed by atoms with E-state index in [1.54, 1.807) is 24.5 Å². The van der Waals surface area contributed by atoms with Crippen molar-refractivity contribution in [3.8, 4) is 0 Å². The summed E-state index contributed by atoms with van der Waals surface area (Å²) in [4.78, 5) is 21.8. The second-order valence-corrected chi connectivity index (χ2v) is 7.57. The van der Waals surface area contributed by atoms with Gasteiger partial charge in [0.25, 0.3) is 0 Å². The Kier molecular flexibility index (Phi) is 5.61. The average Bonchev–Trinajstić information content (AvgIpc) is 2.54. The Labute approximate surface area is 154 Å². The number of aromatic nitrogens is 2. The standard InChI is InChI=1S/C16H16Cl2N4OS/c17-9-1-4-15(12(18)5-9)24-11-7-20-16(21-8-11)22-14-3-2-10(23)6-13(14)19/h1,4-5,7-8,13-14H,2-3,6,19H2,(H,20,21,22). The van der Waals surface area contributed by atoms with Gasteiger partial charge in [-0.1, -0.05) is 35.0 Å². The lowest BCUT2D eigenvalue weighted by Crippen LogP contribution is -2.45. The molecule has 1 saturated carbocycles. The number of carbonyl (C=O) groups is 1. The Balaban J connectivity index is 1.64. The first-order chi connectivity index (χ1) is 11.5. The summed E-state index contributed by atoms with van der Waals surface area (Å²) in [7, 11) is 0. The fraction of sp³-hybridized carbons (Fsp3) is 0.312. The maximum Gasteiger partial charge on any atom is 0.222 e. The fourth-order valence-corrected chi connectivity index (χ4v) is 3.79. The average molecular weight is 383 g/mol. The highest BCUT2D eigenvalue weighted by Crippen LogP contribution is 2.34. The quantitative estimate of drug-likeness (QED) is 0.836. The largest absolute Gasteiger partial charge is 0.350 e. The van der Waals surface area contributed by atoms with Gasteiger partial charge in [-0.15, -0.1) is 0 Å². The number of nitrogens with two attached hydrogens (primary N) is 1. The van der Waals surface area contributed by atoms with Crippen molar-refractivity contribution in [3.05, 3.63) is 40.6 Å². The van der Waals surface area contributed by atoms with Crippen LogP contribution in [0, 0.1) is 0 Å². The number of anilines is 1. The summed E-state index contributed by atoms with van der Waals surface area (Å²) >= 11 is 13.5. The number of nitrogens with zero attached hydrogens (tertiary/aromatic N) is 2. The van der Waals surface area contributed by atoms with E-state index in [0.29, 0.717) is 35.3 Å². The number of nitrogens with one attached hydrogen (secondary N) is 1. The number of hydrogen-bond acceptors (Lipinski definition) is 6. The first-order valence-corrected chi connectivity index (χ1v) is 9.07. The van der Waals surface area contributed by atoms with E-state index in [4.69, 9.17) is 28.9 Å². The number of rotatable bonds is 4. The molecule has 2 aromatic rings. The molecule has 0 saturated heterocycles. The van der Waals surface area contributed by atoms with Crippen LogP contribution in [0.2, 0.25) is 10.0 Å². The lowest BCUT2D eigenvalue weighted by molar-refractivity contribution is -0.120. The second-order valence-electron chi connectivity index (χ2n) is 5.62. The van der Waals surface area contributed by atoms with Crippen LogP contribution in [0.25, 0.3) is 0 Å². The number of benzene rings is 1. The molecule has 24 heavy (non-hydrogen) atoms.